The molecule has 0 amide bonds. The molecule has 0 radical (unpaired) electrons. The van der Waals surface area contributed by atoms with Crippen LogP contribution < -0.4 is 0 Å². The van der Waals surface area contributed by atoms with E-state index in [1.807, 2.05) is 0 Å². The van der Waals surface area contributed by atoms with Crippen LogP contribution >= 0.6 is 10.7 Å². The number of hydrogen-bond donors (Lipinski definition) is 0. The average molecular weight is 262 g/mol. The first kappa shape index (κ1) is 11.3. The van der Waals surface area contributed by atoms with Crippen molar-refractivity contribution in [1.82, 2.24) is 0 Å². The van der Waals surface area contributed by atoms with E-state index < -0.39 is 14.0 Å². The minimum Gasteiger partial charge on any atom is -0.258 e. The van der Waals surface area contributed by atoms with E-state index in [-0.39, 0.29) is 16.5 Å². The highest BCUT2D eigenvalue weighted by Gasteiger charge is 2.31. The Morgan fingerprint density at radius 2 is 2.00 bits per heavy atom. The van der Waals surface area contributed by atoms with Crippen molar-refractivity contribution in [2.45, 2.75) is 23.7 Å². The van der Waals surface area contributed by atoms with E-state index in [0.29, 0.717) is 5.56 Å². The van der Waals surface area contributed by atoms with Gasteiger partial charge in [-0.1, -0.05) is 0 Å². The topological polar surface area (TPSA) is 77.3 Å². The molecule has 1 aromatic rings. The van der Waals surface area contributed by atoms with Crippen molar-refractivity contribution < 1.29 is 13.3 Å². The molecule has 0 aromatic heterocycles. The van der Waals surface area contributed by atoms with E-state index in [9.17, 15) is 18.5 Å². The molecule has 1 aromatic carbocycles. The van der Waals surface area contributed by atoms with Gasteiger partial charge in [0.05, 0.1) is 9.82 Å². The predicted octanol–water partition coefficient (Wildman–Crippen LogP) is 2.40. The lowest BCUT2D eigenvalue weighted by molar-refractivity contribution is -0.385. The van der Waals surface area contributed by atoms with Crippen LogP contribution in [0.15, 0.2) is 23.1 Å². The zero-order chi connectivity index (χ0) is 11.9. The second-order valence-corrected chi connectivity index (χ2v) is 6.26. The van der Waals surface area contributed by atoms with Gasteiger partial charge < -0.3 is 0 Å². The minimum absolute atomic E-state index is 0.0356. The molecule has 0 saturated heterocycles. The normalized spacial score (nSPS) is 16.1. The summed E-state index contributed by atoms with van der Waals surface area (Å²) < 4.78 is 22.2. The monoisotopic (exact) mass is 261 g/mol. The van der Waals surface area contributed by atoms with Gasteiger partial charge in [0.2, 0.25) is 0 Å². The van der Waals surface area contributed by atoms with Gasteiger partial charge in [-0.05, 0) is 30.9 Å². The highest BCUT2D eigenvalue weighted by atomic mass is 35.7. The first-order chi connectivity index (χ1) is 7.39. The number of benzene rings is 1. The van der Waals surface area contributed by atoms with Gasteiger partial charge in [0.1, 0.15) is 0 Å². The summed E-state index contributed by atoms with van der Waals surface area (Å²) in [4.78, 5) is 10.2. The maximum Gasteiger partial charge on any atom is 0.272 e. The van der Waals surface area contributed by atoms with E-state index in [1.165, 1.54) is 12.1 Å². The first-order valence-corrected chi connectivity index (χ1v) is 6.93. The molecule has 1 saturated carbocycles. The van der Waals surface area contributed by atoms with Crippen molar-refractivity contribution in [3.05, 3.63) is 33.9 Å². The third-order valence-electron chi connectivity index (χ3n) is 2.49. The molecular weight excluding hydrogens is 254 g/mol. The van der Waals surface area contributed by atoms with E-state index in [4.69, 9.17) is 10.7 Å². The van der Waals surface area contributed by atoms with E-state index in [2.05, 4.69) is 0 Å². The van der Waals surface area contributed by atoms with Gasteiger partial charge in [-0.3, -0.25) is 10.1 Å². The highest BCUT2D eigenvalue weighted by molar-refractivity contribution is 8.13. The summed E-state index contributed by atoms with van der Waals surface area (Å²) in [5.41, 5.74) is 0.429. The van der Waals surface area contributed by atoms with E-state index in [1.54, 1.807) is 0 Å². The third-order valence-corrected chi connectivity index (χ3v) is 3.85. The van der Waals surface area contributed by atoms with Crippen molar-refractivity contribution >= 4 is 25.4 Å². The van der Waals surface area contributed by atoms with Gasteiger partial charge in [-0.2, -0.15) is 0 Å². The summed E-state index contributed by atoms with van der Waals surface area (Å²) in [7, 11) is 1.37. The zero-order valence-electron chi connectivity index (χ0n) is 8.09. The van der Waals surface area contributed by atoms with Crippen molar-refractivity contribution in [3.63, 3.8) is 0 Å². The highest BCUT2D eigenvalue weighted by Crippen LogP contribution is 2.44. The quantitative estimate of drug-likeness (QED) is 0.475. The van der Waals surface area contributed by atoms with Crippen LogP contribution in [0.3, 0.4) is 0 Å². The molecule has 0 heterocycles. The van der Waals surface area contributed by atoms with E-state index in [0.717, 1.165) is 18.9 Å². The largest absolute Gasteiger partial charge is 0.272 e. The van der Waals surface area contributed by atoms with Gasteiger partial charge in [0.25, 0.3) is 14.7 Å². The maximum absolute atomic E-state index is 11.1. The zero-order valence-corrected chi connectivity index (χ0v) is 9.66. The molecule has 1 aliphatic carbocycles. The number of nitrogens with zero attached hydrogens (tertiary/aromatic N) is 1. The fourth-order valence-corrected chi connectivity index (χ4v) is 2.36. The lowest BCUT2D eigenvalue weighted by Gasteiger charge is -2.02. The molecule has 86 valence electrons. The number of nitro groups is 1. The molecule has 0 atom stereocenters. The molecule has 0 aliphatic heterocycles. The van der Waals surface area contributed by atoms with Crippen LogP contribution in [0.1, 0.15) is 24.3 Å². The van der Waals surface area contributed by atoms with Crippen LogP contribution in [0.25, 0.3) is 0 Å². The molecule has 0 N–H and O–H groups in total. The van der Waals surface area contributed by atoms with Crippen LogP contribution in [0, 0.1) is 10.1 Å². The molecule has 0 unspecified atom stereocenters. The maximum atomic E-state index is 11.1. The number of nitro benzene ring substituents is 1. The fraction of sp³-hybridized carbons (Fsp3) is 0.333. The Morgan fingerprint density at radius 1 is 1.38 bits per heavy atom. The fourth-order valence-electron chi connectivity index (χ4n) is 1.57. The standard InChI is InChI=1S/C9H8ClNO4S/c10-16(14,15)7-3-4-9(11(12)13)8(5-7)6-1-2-6/h3-6H,1-2H2. The summed E-state index contributed by atoms with van der Waals surface area (Å²) in [5.74, 6) is 0.0961. The Bertz CT molecular complexity index is 551. The number of halogens is 1. The molecule has 0 bridgehead atoms. The molecule has 1 fully saturated rings. The predicted molar refractivity (Wildman–Crippen MR) is 58.1 cm³/mol. The van der Waals surface area contributed by atoms with Crippen molar-refractivity contribution in [2.24, 2.45) is 0 Å². The van der Waals surface area contributed by atoms with Gasteiger partial charge in [-0.25, -0.2) is 8.42 Å². The van der Waals surface area contributed by atoms with E-state index >= 15 is 0 Å². The van der Waals surface area contributed by atoms with Crippen LogP contribution in [0.2, 0.25) is 0 Å². The summed E-state index contributed by atoms with van der Waals surface area (Å²) >= 11 is 0. The van der Waals surface area contributed by atoms with Gasteiger partial charge in [0, 0.05) is 22.3 Å². The Hall–Kier alpha value is -1.14. The molecule has 16 heavy (non-hydrogen) atoms. The molecular formula is C9H8ClNO4S. The van der Waals surface area contributed by atoms with Gasteiger partial charge in [0.15, 0.2) is 0 Å². The van der Waals surface area contributed by atoms with Crippen LogP contribution in [-0.2, 0) is 9.05 Å². The lowest BCUT2D eigenvalue weighted by atomic mass is 10.1. The molecule has 1 aliphatic rings. The average Bonchev–Trinajstić information content (AvgIpc) is 2.98. The Morgan fingerprint density at radius 3 is 2.44 bits per heavy atom. The van der Waals surface area contributed by atoms with Crippen molar-refractivity contribution in [3.8, 4) is 0 Å². The van der Waals surface area contributed by atoms with Crippen LogP contribution in [0.5, 0.6) is 0 Å². The Kier molecular flexibility index (Phi) is 2.63. The summed E-state index contributed by atoms with van der Waals surface area (Å²) in [6.07, 6.45) is 1.71. The second-order valence-electron chi connectivity index (χ2n) is 3.69. The summed E-state index contributed by atoms with van der Waals surface area (Å²) in [5, 5.41) is 10.7. The molecule has 7 heteroatoms. The lowest BCUT2D eigenvalue weighted by Crippen LogP contribution is -1.97. The van der Waals surface area contributed by atoms with Gasteiger partial charge in [-0.15, -0.1) is 0 Å². The third kappa shape index (κ3) is 2.17. The summed E-state index contributed by atoms with van der Waals surface area (Å²) in [6.45, 7) is 0. The molecule has 5 nitrogen and oxygen atoms in total. The summed E-state index contributed by atoms with van der Waals surface area (Å²) in [6, 6.07) is 3.66. The van der Waals surface area contributed by atoms with Crippen molar-refractivity contribution in [2.75, 3.05) is 0 Å². The molecule has 0 spiro atoms. The minimum atomic E-state index is -3.82. The number of hydrogen-bond acceptors (Lipinski definition) is 4. The second kappa shape index (κ2) is 3.71. The Balaban J connectivity index is 2.56. The smallest absolute Gasteiger partial charge is 0.258 e. The molecule has 2 rings (SSSR count). The van der Waals surface area contributed by atoms with Crippen LogP contribution in [-0.4, -0.2) is 13.3 Å². The SMILES string of the molecule is O=[N+]([O-])c1ccc(S(=O)(=O)Cl)cc1C1CC1. The first-order valence-electron chi connectivity index (χ1n) is 4.62. The van der Waals surface area contributed by atoms with Gasteiger partial charge >= 0.3 is 0 Å². The van der Waals surface area contributed by atoms with Crippen LogP contribution in [0.4, 0.5) is 5.69 Å². The number of rotatable bonds is 3. The Labute approximate surface area is 96.6 Å². The van der Waals surface area contributed by atoms with Crippen molar-refractivity contribution in [1.29, 1.82) is 0 Å².